The molecular formula is C13H19BrN2OS. The summed E-state index contributed by atoms with van der Waals surface area (Å²) < 4.78 is 1.09. The van der Waals surface area contributed by atoms with Crippen LogP contribution in [0.2, 0.25) is 0 Å². The third-order valence-corrected chi connectivity index (χ3v) is 5.06. The van der Waals surface area contributed by atoms with E-state index in [4.69, 9.17) is 5.73 Å². The van der Waals surface area contributed by atoms with Crippen molar-refractivity contribution in [3.8, 4) is 0 Å². The molecule has 0 spiro atoms. The van der Waals surface area contributed by atoms with E-state index in [0.29, 0.717) is 6.42 Å². The molecule has 100 valence electrons. The number of carbonyl (C=O) groups excluding carboxylic acids is 1. The molecule has 18 heavy (non-hydrogen) atoms. The van der Waals surface area contributed by atoms with E-state index in [1.54, 1.807) is 11.3 Å². The molecular weight excluding hydrogens is 312 g/mol. The van der Waals surface area contributed by atoms with E-state index in [2.05, 4.69) is 35.8 Å². The Morgan fingerprint density at radius 3 is 2.78 bits per heavy atom. The molecule has 1 aromatic heterocycles. The van der Waals surface area contributed by atoms with Crippen LogP contribution in [0.15, 0.2) is 15.9 Å². The molecule has 2 atom stereocenters. The molecule has 1 amide bonds. The monoisotopic (exact) mass is 330 g/mol. The predicted molar refractivity (Wildman–Crippen MR) is 78.6 cm³/mol. The van der Waals surface area contributed by atoms with Crippen molar-refractivity contribution in [3.05, 3.63) is 20.8 Å². The van der Waals surface area contributed by atoms with Gasteiger partial charge in [-0.15, -0.1) is 11.3 Å². The predicted octanol–water partition coefficient (Wildman–Crippen LogP) is 3.30. The van der Waals surface area contributed by atoms with Gasteiger partial charge in [0.15, 0.2) is 0 Å². The maximum atomic E-state index is 12.3. The van der Waals surface area contributed by atoms with Crippen molar-refractivity contribution < 1.29 is 4.79 Å². The molecule has 2 rings (SSSR count). The molecule has 0 radical (unpaired) electrons. The van der Waals surface area contributed by atoms with Gasteiger partial charge in [-0.1, -0.05) is 0 Å². The molecule has 0 aromatic carbocycles. The molecule has 5 heteroatoms. The van der Waals surface area contributed by atoms with Crippen molar-refractivity contribution in [2.45, 2.75) is 51.2 Å². The molecule has 1 aliphatic heterocycles. The summed E-state index contributed by atoms with van der Waals surface area (Å²) in [5, 5.41) is 0. The van der Waals surface area contributed by atoms with Gasteiger partial charge in [-0.3, -0.25) is 4.79 Å². The fourth-order valence-electron chi connectivity index (χ4n) is 2.58. The summed E-state index contributed by atoms with van der Waals surface area (Å²) in [6.07, 6.45) is 2.43. The van der Waals surface area contributed by atoms with Crippen molar-refractivity contribution in [3.63, 3.8) is 0 Å². The van der Waals surface area contributed by atoms with E-state index in [1.807, 2.05) is 11.0 Å². The van der Waals surface area contributed by atoms with Gasteiger partial charge in [0, 0.05) is 23.4 Å². The highest BCUT2D eigenvalue weighted by atomic mass is 79.9. The SMILES string of the molecule is CC(C)N1C(=O)CCCC(N)C1c1ccc(Br)s1. The second-order valence-corrected chi connectivity index (χ2v) is 7.53. The molecule has 2 heterocycles. The lowest BCUT2D eigenvalue weighted by Gasteiger charge is -2.36. The number of nitrogens with zero attached hydrogens (tertiary/aromatic N) is 1. The maximum absolute atomic E-state index is 12.3. The van der Waals surface area contributed by atoms with Crippen molar-refractivity contribution in [1.82, 2.24) is 4.90 Å². The number of hydrogen-bond donors (Lipinski definition) is 1. The van der Waals surface area contributed by atoms with Crippen molar-refractivity contribution >= 4 is 33.2 Å². The number of rotatable bonds is 2. The molecule has 1 aliphatic rings. The summed E-state index contributed by atoms with van der Waals surface area (Å²) in [5.41, 5.74) is 6.31. The minimum atomic E-state index is 0.0244. The molecule has 0 bridgehead atoms. The maximum Gasteiger partial charge on any atom is 0.223 e. The van der Waals surface area contributed by atoms with E-state index in [0.717, 1.165) is 16.6 Å². The highest BCUT2D eigenvalue weighted by molar-refractivity contribution is 9.11. The number of likely N-dealkylation sites (tertiary alicyclic amines) is 1. The van der Waals surface area contributed by atoms with Gasteiger partial charge >= 0.3 is 0 Å². The first kappa shape index (κ1) is 14.0. The Bertz CT molecular complexity index is 432. The summed E-state index contributed by atoms with van der Waals surface area (Å²) in [4.78, 5) is 15.4. The van der Waals surface area contributed by atoms with E-state index in [-0.39, 0.29) is 24.0 Å². The van der Waals surface area contributed by atoms with Crippen LogP contribution >= 0.6 is 27.3 Å². The minimum absolute atomic E-state index is 0.0244. The Hall–Kier alpha value is -0.390. The van der Waals surface area contributed by atoms with Crippen LogP contribution in [0.1, 0.15) is 44.0 Å². The normalized spacial score (nSPS) is 25.6. The van der Waals surface area contributed by atoms with E-state index in [9.17, 15) is 4.79 Å². The van der Waals surface area contributed by atoms with Crippen molar-refractivity contribution in [2.24, 2.45) is 5.73 Å². The molecule has 2 N–H and O–H groups in total. The average Bonchev–Trinajstić information content (AvgIpc) is 2.64. The van der Waals surface area contributed by atoms with E-state index < -0.39 is 0 Å². The van der Waals surface area contributed by atoms with Crippen LogP contribution in [-0.4, -0.2) is 22.9 Å². The third-order valence-electron chi connectivity index (χ3n) is 3.36. The van der Waals surface area contributed by atoms with Gasteiger partial charge in [0.25, 0.3) is 0 Å². The number of hydrogen-bond acceptors (Lipinski definition) is 3. The Labute approximate surface area is 120 Å². The lowest BCUT2D eigenvalue weighted by atomic mass is 10.0. The van der Waals surface area contributed by atoms with E-state index in [1.165, 1.54) is 4.88 Å². The standard InChI is InChI=1S/C13H19BrN2OS/c1-8(2)16-12(17)5-3-4-9(15)13(16)10-6-7-11(14)18-10/h6-9,13H,3-5,15H2,1-2H3. The smallest absolute Gasteiger partial charge is 0.223 e. The largest absolute Gasteiger partial charge is 0.331 e. The van der Waals surface area contributed by atoms with Gasteiger partial charge in [0.1, 0.15) is 0 Å². The fraction of sp³-hybridized carbons (Fsp3) is 0.615. The van der Waals surface area contributed by atoms with Gasteiger partial charge in [0.05, 0.1) is 9.83 Å². The fourth-order valence-corrected chi connectivity index (χ4v) is 4.18. The van der Waals surface area contributed by atoms with Gasteiger partial charge < -0.3 is 10.6 Å². The number of thiophene rings is 1. The Balaban J connectivity index is 2.38. The lowest BCUT2D eigenvalue weighted by Crippen LogP contribution is -2.45. The molecule has 0 saturated carbocycles. The summed E-state index contributed by atoms with van der Waals surface area (Å²) >= 11 is 5.16. The lowest BCUT2D eigenvalue weighted by molar-refractivity contribution is -0.135. The average molecular weight is 331 g/mol. The molecule has 1 saturated heterocycles. The zero-order chi connectivity index (χ0) is 13.3. The van der Waals surface area contributed by atoms with Gasteiger partial charge in [-0.25, -0.2) is 0 Å². The number of halogens is 1. The van der Waals surface area contributed by atoms with Crippen LogP contribution in [0.3, 0.4) is 0 Å². The van der Waals surface area contributed by atoms with Crippen molar-refractivity contribution in [2.75, 3.05) is 0 Å². The Morgan fingerprint density at radius 1 is 1.50 bits per heavy atom. The first-order valence-electron chi connectivity index (χ1n) is 6.32. The molecule has 1 aromatic rings. The highest BCUT2D eigenvalue weighted by Gasteiger charge is 2.35. The molecule has 1 fully saturated rings. The van der Waals surface area contributed by atoms with Gasteiger partial charge in [0.2, 0.25) is 5.91 Å². The number of amides is 1. The number of carbonyl (C=O) groups is 1. The zero-order valence-electron chi connectivity index (χ0n) is 10.7. The highest BCUT2D eigenvalue weighted by Crippen LogP contribution is 2.36. The number of nitrogens with two attached hydrogens (primary N) is 1. The van der Waals surface area contributed by atoms with Gasteiger partial charge in [-0.05, 0) is 54.8 Å². The topological polar surface area (TPSA) is 46.3 Å². The molecule has 3 nitrogen and oxygen atoms in total. The van der Waals surface area contributed by atoms with Crippen LogP contribution in [0.5, 0.6) is 0 Å². The van der Waals surface area contributed by atoms with Crippen LogP contribution in [0, 0.1) is 0 Å². The van der Waals surface area contributed by atoms with Gasteiger partial charge in [-0.2, -0.15) is 0 Å². The first-order valence-corrected chi connectivity index (χ1v) is 7.93. The quantitative estimate of drug-likeness (QED) is 0.904. The molecule has 0 aliphatic carbocycles. The zero-order valence-corrected chi connectivity index (χ0v) is 13.1. The first-order chi connectivity index (χ1) is 8.50. The Kier molecular flexibility index (Phi) is 4.45. The van der Waals surface area contributed by atoms with Crippen molar-refractivity contribution in [1.29, 1.82) is 0 Å². The summed E-state index contributed by atoms with van der Waals surface area (Å²) in [6, 6.07) is 4.35. The third kappa shape index (κ3) is 2.78. The van der Waals surface area contributed by atoms with Crippen LogP contribution in [0.25, 0.3) is 0 Å². The minimum Gasteiger partial charge on any atom is -0.331 e. The Morgan fingerprint density at radius 2 is 2.22 bits per heavy atom. The van der Waals surface area contributed by atoms with Crippen LogP contribution in [0.4, 0.5) is 0 Å². The summed E-state index contributed by atoms with van der Waals surface area (Å²) in [7, 11) is 0. The second kappa shape index (κ2) is 5.72. The second-order valence-electron chi connectivity index (χ2n) is 5.04. The summed E-state index contributed by atoms with van der Waals surface area (Å²) in [5.74, 6) is 0.229. The van der Waals surface area contributed by atoms with Crippen LogP contribution in [-0.2, 0) is 4.79 Å². The van der Waals surface area contributed by atoms with E-state index >= 15 is 0 Å². The van der Waals surface area contributed by atoms with Crippen LogP contribution < -0.4 is 5.73 Å². The summed E-state index contributed by atoms with van der Waals surface area (Å²) in [6.45, 7) is 4.12. The molecule has 2 unspecified atom stereocenters.